The molecule has 1 unspecified atom stereocenters. The molecule has 132 valence electrons. The van der Waals surface area contributed by atoms with E-state index < -0.39 is 12.0 Å². The molecule has 2 rings (SSSR count). The van der Waals surface area contributed by atoms with E-state index in [-0.39, 0.29) is 18.2 Å². The monoisotopic (exact) mass is 361 g/mol. The fourth-order valence-electron chi connectivity index (χ4n) is 2.25. The maximum Gasteiger partial charge on any atom is 0.330 e. The van der Waals surface area contributed by atoms with Gasteiger partial charge in [-0.2, -0.15) is 0 Å². The molecule has 0 aromatic heterocycles. The minimum absolute atomic E-state index is 0. The molecule has 0 fully saturated rings. The van der Waals surface area contributed by atoms with Crippen molar-refractivity contribution in [1.29, 1.82) is 5.41 Å². The molecule has 2 aromatic rings. The Labute approximate surface area is 152 Å². The first kappa shape index (κ1) is 20.1. The average molecular weight is 362 g/mol. The molecule has 0 amide bonds. The van der Waals surface area contributed by atoms with Crippen LogP contribution < -0.4 is 15.8 Å². The molecular weight excluding hydrogens is 342 g/mol. The number of amidine groups is 1. The smallest absolute Gasteiger partial charge is 0.330 e. The number of aliphatic carboxylic acids is 1. The molecule has 1 atom stereocenters. The largest absolute Gasteiger partial charge is 0.497 e. The molecule has 0 radical (unpaired) electrons. The van der Waals surface area contributed by atoms with Gasteiger partial charge in [-0.25, -0.2) is 4.79 Å². The third kappa shape index (κ3) is 4.99. The van der Waals surface area contributed by atoms with Crippen LogP contribution in [0.2, 0.25) is 0 Å². The Balaban J connectivity index is 0.00000312. The van der Waals surface area contributed by atoms with Crippen molar-refractivity contribution in [2.75, 3.05) is 12.4 Å². The Bertz CT molecular complexity index is 776. The number of rotatable bonds is 7. The first-order valence-corrected chi connectivity index (χ1v) is 7.20. The van der Waals surface area contributed by atoms with Crippen molar-refractivity contribution in [3.63, 3.8) is 0 Å². The second kappa shape index (κ2) is 8.75. The number of benzene rings is 2. The lowest BCUT2D eigenvalue weighted by Gasteiger charge is -2.18. The first-order chi connectivity index (χ1) is 11.4. The standard InChI is InChI=1S/C18H19N3O3.ClH/c1-3-11-8-13(10-15(9-11)24-2)16(18(22)23)21-14-6-4-12(5-7-14)17(19)20;/h3-10,16,21H,1H2,2H3,(H3,19,20)(H,22,23);1H. The normalized spacial score (nSPS) is 10.9. The lowest BCUT2D eigenvalue weighted by Crippen LogP contribution is -2.21. The molecule has 0 spiro atoms. The van der Waals surface area contributed by atoms with E-state index in [0.29, 0.717) is 22.6 Å². The number of carboxylic acids is 1. The molecule has 5 N–H and O–H groups in total. The number of methoxy groups -OCH3 is 1. The van der Waals surface area contributed by atoms with Crippen LogP contribution in [0.1, 0.15) is 22.7 Å². The molecule has 0 saturated carbocycles. The molecular formula is C18H20ClN3O3. The van der Waals surface area contributed by atoms with Crippen molar-refractivity contribution in [2.24, 2.45) is 5.73 Å². The van der Waals surface area contributed by atoms with Gasteiger partial charge in [-0.3, -0.25) is 5.41 Å². The molecule has 0 saturated heterocycles. The predicted octanol–water partition coefficient (Wildman–Crippen LogP) is 3.28. The summed E-state index contributed by atoms with van der Waals surface area (Å²) in [5, 5.41) is 19.9. The number of anilines is 1. The summed E-state index contributed by atoms with van der Waals surface area (Å²) in [5.74, 6) is -0.504. The zero-order valence-electron chi connectivity index (χ0n) is 13.7. The summed E-state index contributed by atoms with van der Waals surface area (Å²) in [6.07, 6.45) is 1.63. The average Bonchev–Trinajstić information content (AvgIpc) is 2.59. The SMILES string of the molecule is C=Cc1cc(OC)cc(C(Nc2ccc(C(=N)N)cc2)C(=O)O)c1.Cl. The van der Waals surface area contributed by atoms with Crippen molar-refractivity contribution in [2.45, 2.75) is 6.04 Å². The maximum absolute atomic E-state index is 11.7. The van der Waals surface area contributed by atoms with Crippen LogP contribution in [0.3, 0.4) is 0 Å². The summed E-state index contributed by atoms with van der Waals surface area (Å²) in [5.41, 5.74) is 7.91. The topological polar surface area (TPSA) is 108 Å². The number of halogens is 1. The van der Waals surface area contributed by atoms with Gasteiger partial charge in [-0.05, 0) is 53.6 Å². The van der Waals surface area contributed by atoms with E-state index in [0.717, 1.165) is 5.56 Å². The van der Waals surface area contributed by atoms with E-state index in [1.807, 2.05) is 0 Å². The maximum atomic E-state index is 11.7. The van der Waals surface area contributed by atoms with Gasteiger partial charge < -0.3 is 20.9 Å². The van der Waals surface area contributed by atoms with Gasteiger partial charge in [0.15, 0.2) is 6.04 Å². The summed E-state index contributed by atoms with van der Waals surface area (Å²) in [6.45, 7) is 3.71. The number of nitrogens with one attached hydrogen (secondary N) is 2. The fourth-order valence-corrected chi connectivity index (χ4v) is 2.25. The predicted molar refractivity (Wildman–Crippen MR) is 102 cm³/mol. The Kier molecular flexibility index (Phi) is 7.02. The van der Waals surface area contributed by atoms with Crippen LogP contribution in [-0.2, 0) is 4.79 Å². The number of nitrogen functional groups attached to an aromatic ring is 1. The Morgan fingerprint density at radius 3 is 2.44 bits per heavy atom. The highest BCUT2D eigenvalue weighted by molar-refractivity contribution is 5.95. The highest BCUT2D eigenvalue weighted by atomic mass is 35.5. The van der Waals surface area contributed by atoms with E-state index in [9.17, 15) is 9.90 Å². The van der Waals surface area contributed by atoms with E-state index in [4.69, 9.17) is 15.9 Å². The van der Waals surface area contributed by atoms with Crippen LogP contribution in [0.4, 0.5) is 5.69 Å². The number of ether oxygens (including phenoxy) is 1. The number of hydrogen-bond donors (Lipinski definition) is 4. The van der Waals surface area contributed by atoms with Gasteiger partial charge >= 0.3 is 5.97 Å². The van der Waals surface area contributed by atoms with Crippen molar-refractivity contribution in [1.82, 2.24) is 0 Å². The molecule has 0 aliphatic heterocycles. The number of hydrogen-bond acceptors (Lipinski definition) is 4. The summed E-state index contributed by atoms with van der Waals surface area (Å²) < 4.78 is 5.21. The molecule has 0 bridgehead atoms. The molecule has 0 heterocycles. The minimum atomic E-state index is -1.02. The van der Waals surface area contributed by atoms with E-state index in [1.165, 1.54) is 7.11 Å². The van der Waals surface area contributed by atoms with Gasteiger partial charge in [0.2, 0.25) is 0 Å². The van der Waals surface area contributed by atoms with Gasteiger partial charge in [0, 0.05) is 11.3 Å². The molecule has 25 heavy (non-hydrogen) atoms. The van der Waals surface area contributed by atoms with Crippen molar-refractivity contribution in [3.05, 3.63) is 65.7 Å². The zero-order chi connectivity index (χ0) is 17.7. The zero-order valence-corrected chi connectivity index (χ0v) is 14.5. The van der Waals surface area contributed by atoms with Crippen molar-refractivity contribution < 1.29 is 14.6 Å². The lowest BCUT2D eigenvalue weighted by molar-refractivity contribution is -0.138. The van der Waals surface area contributed by atoms with Gasteiger partial charge in [-0.1, -0.05) is 12.7 Å². The van der Waals surface area contributed by atoms with Gasteiger partial charge in [0.1, 0.15) is 11.6 Å². The van der Waals surface area contributed by atoms with Crippen LogP contribution in [0.15, 0.2) is 49.0 Å². The Morgan fingerprint density at radius 2 is 1.96 bits per heavy atom. The highest BCUT2D eigenvalue weighted by Crippen LogP contribution is 2.26. The van der Waals surface area contributed by atoms with Crippen LogP contribution in [0.5, 0.6) is 5.75 Å². The van der Waals surface area contributed by atoms with Gasteiger partial charge in [-0.15, -0.1) is 12.4 Å². The quantitative estimate of drug-likeness (QED) is 0.447. The summed E-state index contributed by atoms with van der Waals surface area (Å²) in [6, 6.07) is 10.9. The Morgan fingerprint density at radius 1 is 1.32 bits per heavy atom. The second-order valence-corrected chi connectivity index (χ2v) is 5.15. The van der Waals surface area contributed by atoms with Crippen molar-refractivity contribution in [3.8, 4) is 5.75 Å². The number of carbonyl (C=O) groups is 1. The summed E-state index contributed by atoms with van der Waals surface area (Å²) in [4.78, 5) is 11.7. The molecule has 6 nitrogen and oxygen atoms in total. The van der Waals surface area contributed by atoms with Crippen molar-refractivity contribution >= 4 is 36.0 Å². The minimum Gasteiger partial charge on any atom is -0.497 e. The molecule has 0 aliphatic carbocycles. The third-order valence-corrected chi connectivity index (χ3v) is 3.51. The molecule has 0 aliphatic rings. The number of carboxylic acid groups (broad SMARTS) is 1. The van der Waals surface area contributed by atoms with Gasteiger partial charge in [0.05, 0.1) is 7.11 Å². The fraction of sp³-hybridized carbons (Fsp3) is 0.111. The molecule has 2 aromatic carbocycles. The third-order valence-electron chi connectivity index (χ3n) is 3.51. The number of nitrogens with two attached hydrogens (primary N) is 1. The van der Waals surface area contributed by atoms with Crippen LogP contribution in [-0.4, -0.2) is 24.0 Å². The summed E-state index contributed by atoms with van der Waals surface area (Å²) >= 11 is 0. The van der Waals surface area contributed by atoms with E-state index in [2.05, 4.69) is 11.9 Å². The van der Waals surface area contributed by atoms with E-state index >= 15 is 0 Å². The van der Waals surface area contributed by atoms with E-state index in [1.54, 1.807) is 48.5 Å². The van der Waals surface area contributed by atoms with Crippen LogP contribution in [0, 0.1) is 5.41 Å². The summed E-state index contributed by atoms with van der Waals surface area (Å²) in [7, 11) is 1.52. The van der Waals surface area contributed by atoms with Crippen LogP contribution in [0.25, 0.3) is 6.08 Å². The van der Waals surface area contributed by atoms with Gasteiger partial charge in [0.25, 0.3) is 0 Å². The highest BCUT2D eigenvalue weighted by Gasteiger charge is 2.21. The second-order valence-electron chi connectivity index (χ2n) is 5.15. The van der Waals surface area contributed by atoms with Crippen LogP contribution >= 0.6 is 12.4 Å². The first-order valence-electron chi connectivity index (χ1n) is 7.20. The molecule has 7 heteroatoms. The lowest BCUT2D eigenvalue weighted by atomic mass is 10.0. The Hall–Kier alpha value is -2.99.